The van der Waals surface area contributed by atoms with Gasteiger partial charge in [0, 0.05) is 19.6 Å². The third kappa shape index (κ3) is 5.81. The fourth-order valence-electron chi connectivity index (χ4n) is 3.56. The van der Waals surface area contributed by atoms with Crippen LogP contribution in [0.4, 0.5) is 0 Å². The summed E-state index contributed by atoms with van der Waals surface area (Å²) in [5, 5.41) is 3.05. The van der Waals surface area contributed by atoms with Gasteiger partial charge in [-0.15, -0.1) is 0 Å². The second-order valence-electron chi connectivity index (χ2n) is 7.49. The molecule has 5 heteroatoms. The Balaban J connectivity index is 1.59. The van der Waals surface area contributed by atoms with E-state index in [9.17, 15) is 4.79 Å². The maximum atomic E-state index is 12.4. The molecule has 2 aromatic carbocycles. The van der Waals surface area contributed by atoms with Gasteiger partial charge in [-0.1, -0.05) is 35.9 Å². The van der Waals surface area contributed by atoms with Crippen LogP contribution in [0.3, 0.4) is 0 Å². The van der Waals surface area contributed by atoms with E-state index in [0.29, 0.717) is 6.54 Å². The van der Waals surface area contributed by atoms with Crippen molar-refractivity contribution >= 4 is 5.91 Å². The summed E-state index contributed by atoms with van der Waals surface area (Å²) in [6.45, 7) is 9.90. The zero-order valence-electron chi connectivity index (χ0n) is 17.0. The van der Waals surface area contributed by atoms with Crippen LogP contribution in [0.2, 0.25) is 0 Å². The monoisotopic (exact) mass is 382 g/mol. The fourth-order valence-corrected chi connectivity index (χ4v) is 3.56. The highest BCUT2D eigenvalue weighted by Gasteiger charge is 2.23. The van der Waals surface area contributed by atoms with Gasteiger partial charge in [-0.25, -0.2) is 0 Å². The molecule has 0 spiro atoms. The van der Waals surface area contributed by atoms with Crippen molar-refractivity contribution in [2.24, 2.45) is 0 Å². The first-order valence-corrected chi connectivity index (χ1v) is 9.87. The summed E-state index contributed by atoms with van der Waals surface area (Å²) in [6.07, 6.45) is 0. The number of benzene rings is 2. The lowest BCUT2D eigenvalue weighted by Crippen LogP contribution is -2.44. The second-order valence-corrected chi connectivity index (χ2v) is 7.49. The van der Waals surface area contributed by atoms with E-state index in [1.165, 1.54) is 11.1 Å². The molecule has 1 atom stereocenters. The van der Waals surface area contributed by atoms with E-state index < -0.39 is 0 Å². The summed E-state index contributed by atoms with van der Waals surface area (Å²) < 4.78 is 11.2. The van der Waals surface area contributed by atoms with E-state index in [2.05, 4.69) is 47.5 Å². The second kappa shape index (κ2) is 9.71. The van der Waals surface area contributed by atoms with Gasteiger partial charge in [0.1, 0.15) is 5.75 Å². The number of amides is 1. The van der Waals surface area contributed by atoms with Crippen molar-refractivity contribution in [3.05, 3.63) is 64.7 Å². The largest absolute Gasteiger partial charge is 0.484 e. The predicted octanol–water partition coefficient (Wildman–Crippen LogP) is 3.18. The number of nitrogens with one attached hydrogen (secondary N) is 1. The normalized spacial score (nSPS) is 15.8. The van der Waals surface area contributed by atoms with Crippen LogP contribution in [0.5, 0.6) is 5.75 Å². The van der Waals surface area contributed by atoms with Gasteiger partial charge in [0.2, 0.25) is 0 Å². The van der Waals surface area contributed by atoms with Crippen molar-refractivity contribution in [3.8, 4) is 5.75 Å². The number of nitrogens with zero attached hydrogens (tertiary/aromatic N) is 1. The topological polar surface area (TPSA) is 50.8 Å². The van der Waals surface area contributed by atoms with Crippen molar-refractivity contribution in [1.82, 2.24) is 10.2 Å². The number of morpholine rings is 1. The summed E-state index contributed by atoms with van der Waals surface area (Å²) in [6, 6.07) is 14.6. The van der Waals surface area contributed by atoms with Crippen molar-refractivity contribution in [1.29, 1.82) is 0 Å². The Morgan fingerprint density at radius 1 is 1.04 bits per heavy atom. The number of rotatable bonds is 7. The molecule has 5 nitrogen and oxygen atoms in total. The molecule has 1 aliphatic rings. The van der Waals surface area contributed by atoms with E-state index in [-0.39, 0.29) is 18.6 Å². The standard InChI is InChI=1S/C23H30N2O3/c1-17-4-6-20(7-5-17)22(25-8-10-27-11-9-25)15-24-23(26)16-28-21-13-18(2)12-19(3)14-21/h4-7,12-14,22H,8-11,15-16H2,1-3H3,(H,24,26). The average molecular weight is 383 g/mol. The molecule has 3 rings (SSSR count). The first-order chi connectivity index (χ1) is 13.5. The number of ether oxygens (including phenoxy) is 2. The minimum atomic E-state index is -0.107. The van der Waals surface area contributed by atoms with Gasteiger partial charge < -0.3 is 14.8 Å². The Hall–Kier alpha value is -2.37. The Labute approximate surface area is 167 Å². The van der Waals surface area contributed by atoms with Crippen LogP contribution in [0.15, 0.2) is 42.5 Å². The van der Waals surface area contributed by atoms with Crippen LogP contribution in [-0.4, -0.2) is 50.3 Å². The smallest absolute Gasteiger partial charge is 0.258 e. The third-order valence-electron chi connectivity index (χ3n) is 5.01. The molecule has 1 amide bonds. The fraction of sp³-hybridized carbons (Fsp3) is 0.435. The average Bonchev–Trinajstić information content (AvgIpc) is 2.68. The van der Waals surface area contributed by atoms with Gasteiger partial charge in [-0.2, -0.15) is 0 Å². The number of aryl methyl sites for hydroxylation is 3. The Morgan fingerprint density at radius 3 is 2.32 bits per heavy atom. The Bertz CT molecular complexity index is 763. The summed E-state index contributed by atoms with van der Waals surface area (Å²) in [5.41, 5.74) is 4.70. The predicted molar refractivity (Wildman–Crippen MR) is 111 cm³/mol. The molecule has 0 bridgehead atoms. The lowest BCUT2D eigenvalue weighted by molar-refractivity contribution is -0.123. The summed E-state index contributed by atoms with van der Waals surface area (Å²) in [5.74, 6) is 0.625. The molecule has 0 saturated carbocycles. The van der Waals surface area contributed by atoms with Gasteiger partial charge >= 0.3 is 0 Å². The quantitative estimate of drug-likeness (QED) is 0.799. The maximum absolute atomic E-state index is 12.4. The summed E-state index contributed by atoms with van der Waals surface area (Å²) in [7, 11) is 0. The Kier molecular flexibility index (Phi) is 7.06. The van der Waals surface area contributed by atoms with Crippen molar-refractivity contribution < 1.29 is 14.3 Å². The van der Waals surface area contributed by atoms with E-state index in [1.54, 1.807) is 0 Å². The summed E-state index contributed by atoms with van der Waals surface area (Å²) >= 11 is 0. The number of carbonyl (C=O) groups is 1. The molecule has 1 N–H and O–H groups in total. The van der Waals surface area contributed by atoms with Crippen LogP contribution < -0.4 is 10.1 Å². The summed E-state index contributed by atoms with van der Waals surface area (Å²) in [4.78, 5) is 14.8. The number of hydrogen-bond donors (Lipinski definition) is 1. The molecule has 1 heterocycles. The SMILES string of the molecule is Cc1ccc(C(CNC(=O)COc2cc(C)cc(C)c2)N2CCOCC2)cc1. The molecule has 1 fully saturated rings. The molecule has 1 aliphatic heterocycles. The Morgan fingerprint density at radius 2 is 1.68 bits per heavy atom. The minimum Gasteiger partial charge on any atom is -0.484 e. The number of hydrogen-bond acceptors (Lipinski definition) is 4. The van der Waals surface area contributed by atoms with Crippen LogP contribution >= 0.6 is 0 Å². The van der Waals surface area contributed by atoms with Gasteiger partial charge in [0.25, 0.3) is 5.91 Å². The van der Waals surface area contributed by atoms with Crippen LogP contribution in [0.25, 0.3) is 0 Å². The van der Waals surface area contributed by atoms with Crippen molar-refractivity contribution in [2.75, 3.05) is 39.5 Å². The number of carbonyl (C=O) groups excluding carboxylic acids is 1. The highest BCUT2D eigenvalue weighted by Crippen LogP contribution is 2.22. The maximum Gasteiger partial charge on any atom is 0.258 e. The van der Waals surface area contributed by atoms with Gasteiger partial charge in [-0.05, 0) is 49.6 Å². The molecular formula is C23H30N2O3. The molecular weight excluding hydrogens is 352 g/mol. The zero-order chi connectivity index (χ0) is 19.9. The van der Waals surface area contributed by atoms with Crippen molar-refractivity contribution in [3.63, 3.8) is 0 Å². The first kappa shape index (κ1) is 20.4. The molecule has 0 radical (unpaired) electrons. The molecule has 0 aliphatic carbocycles. The van der Waals surface area contributed by atoms with Gasteiger partial charge in [0.15, 0.2) is 6.61 Å². The molecule has 2 aromatic rings. The van der Waals surface area contributed by atoms with Crippen LogP contribution in [0, 0.1) is 20.8 Å². The lowest BCUT2D eigenvalue weighted by Gasteiger charge is -2.35. The minimum absolute atomic E-state index is 0.0205. The lowest BCUT2D eigenvalue weighted by atomic mass is 10.0. The van der Waals surface area contributed by atoms with Crippen molar-refractivity contribution in [2.45, 2.75) is 26.8 Å². The molecule has 1 saturated heterocycles. The first-order valence-electron chi connectivity index (χ1n) is 9.87. The van der Waals surface area contributed by atoms with E-state index in [4.69, 9.17) is 9.47 Å². The third-order valence-corrected chi connectivity index (χ3v) is 5.01. The zero-order valence-corrected chi connectivity index (χ0v) is 17.0. The molecule has 1 unspecified atom stereocenters. The highest BCUT2D eigenvalue weighted by atomic mass is 16.5. The van der Waals surface area contributed by atoms with Gasteiger partial charge in [0.05, 0.1) is 19.3 Å². The van der Waals surface area contributed by atoms with Crippen LogP contribution in [0.1, 0.15) is 28.3 Å². The molecule has 28 heavy (non-hydrogen) atoms. The highest BCUT2D eigenvalue weighted by molar-refractivity contribution is 5.77. The molecule has 150 valence electrons. The van der Waals surface area contributed by atoms with E-state index >= 15 is 0 Å². The van der Waals surface area contributed by atoms with Gasteiger partial charge in [-0.3, -0.25) is 9.69 Å². The molecule has 0 aromatic heterocycles. The van der Waals surface area contributed by atoms with E-state index in [1.807, 2.05) is 26.0 Å². The van der Waals surface area contributed by atoms with E-state index in [0.717, 1.165) is 43.2 Å². The van der Waals surface area contributed by atoms with Crippen LogP contribution in [-0.2, 0) is 9.53 Å².